The van der Waals surface area contributed by atoms with Crippen LogP contribution in [-0.2, 0) is 11.3 Å². The molecule has 0 aliphatic carbocycles. The molecule has 2 nitrogen and oxygen atoms in total. The standard InChI is InChI=1S/C13H17NO/c1-2-4-11(5-3-1)8-14-9-12-6-7-13(10-14)15-12/h1-5,12-13H,6-10H2/t12-,13?/m0/s1. The summed E-state index contributed by atoms with van der Waals surface area (Å²) < 4.78 is 5.82. The number of fused-ring (bicyclic) bond motifs is 2. The van der Waals surface area contributed by atoms with Crippen LogP contribution in [0.4, 0.5) is 0 Å². The van der Waals surface area contributed by atoms with E-state index in [9.17, 15) is 0 Å². The summed E-state index contributed by atoms with van der Waals surface area (Å²) in [4.78, 5) is 2.53. The molecule has 0 spiro atoms. The number of likely N-dealkylation sites (tertiary alicyclic amines) is 1. The number of morpholine rings is 1. The quantitative estimate of drug-likeness (QED) is 0.729. The normalized spacial score (nSPS) is 30.7. The summed E-state index contributed by atoms with van der Waals surface area (Å²) in [5, 5.41) is 0. The van der Waals surface area contributed by atoms with Crippen molar-refractivity contribution >= 4 is 0 Å². The summed E-state index contributed by atoms with van der Waals surface area (Å²) in [6.07, 6.45) is 3.53. The van der Waals surface area contributed by atoms with Crippen LogP contribution in [0.5, 0.6) is 0 Å². The molecule has 2 fully saturated rings. The molecule has 1 aromatic carbocycles. The molecule has 0 radical (unpaired) electrons. The van der Waals surface area contributed by atoms with Crippen LogP contribution in [0.2, 0.25) is 0 Å². The Labute approximate surface area is 90.8 Å². The van der Waals surface area contributed by atoms with E-state index in [0.29, 0.717) is 12.2 Å². The van der Waals surface area contributed by atoms with E-state index in [2.05, 4.69) is 35.2 Å². The Kier molecular flexibility index (Phi) is 2.47. The monoisotopic (exact) mass is 203 g/mol. The first kappa shape index (κ1) is 9.37. The maximum Gasteiger partial charge on any atom is 0.0707 e. The zero-order valence-electron chi connectivity index (χ0n) is 8.93. The molecule has 80 valence electrons. The molecular formula is C13H17NO. The Balaban J connectivity index is 1.65. The van der Waals surface area contributed by atoms with Crippen molar-refractivity contribution in [2.24, 2.45) is 0 Å². The number of hydrogen-bond acceptors (Lipinski definition) is 2. The fraction of sp³-hybridized carbons (Fsp3) is 0.538. The van der Waals surface area contributed by atoms with Crippen LogP contribution < -0.4 is 0 Å². The molecule has 0 aromatic heterocycles. The zero-order valence-corrected chi connectivity index (χ0v) is 8.93. The van der Waals surface area contributed by atoms with E-state index in [0.717, 1.165) is 19.6 Å². The summed E-state index contributed by atoms with van der Waals surface area (Å²) in [6.45, 7) is 3.31. The summed E-state index contributed by atoms with van der Waals surface area (Å²) >= 11 is 0. The predicted molar refractivity (Wildman–Crippen MR) is 59.6 cm³/mol. The molecule has 2 aliphatic heterocycles. The summed E-state index contributed by atoms with van der Waals surface area (Å²) in [5.41, 5.74) is 1.42. The third-order valence-electron chi connectivity index (χ3n) is 3.37. The Hall–Kier alpha value is -0.860. The SMILES string of the molecule is c1ccc(CN2CC3CC[C@@H](C2)O3)cc1. The Morgan fingerprint density at radius 2 is 1.73 bits per heavy atom. The lowest BCUT2D eigenvalue weighted by Crippen LogP contribution is -2.41. The molecule has 0 amide bonds. The fourth-order valence-electron chi connectivity index (χ4n) is 2.67. The minimum absolute atomic E-state index is 0.507. The summed E-state index contributed by atoms with van der Waals surface area (Å²) in [7, 11) is 0. The van der Waals surface area contributed by atoms with Gasteiger partial charge in [-0.2, -0.15) is 0 Å². The maximum absolute atomic E-state index is 5.82. The third kappa shape index (κ3) is 2.06. The van der Waals surface area contributed by atoms with Crippen molar-refractivity contribution in [3.8, 4) is 0 Å². The van der Waals surface area contributed by atoms with Gasteiger partial charge in [-0.15, -0.1) is 0 Å². The van der Waals surface area contributed by atoms with Crippen molar-refractivity contribution in [2.75, 3.05) is 13.1 Å². The van der Waals surface area contributed by atoms with Gasteiger partial charge in [0, 0.05) is 19.6 Å². The highest BCUT2D eigenvalue weighted by molar-refractivity contribution is 5.14. The van der Waals surface area contributed by atoms with Gasteiger partial charge in [0.05, 0.1) is 12.2 Å². The van der Waals surface area contributed by atoms with Crippen molar-refractivity contribution in [2.45, 2.75) is 31.6 Å². The van der Waals surface area contributed by atoms with Crippen LogP contribution in [0.25, 0.3) is 0 Å². The first-order valence-electron chi connectivity index (χ1n) is 5.82. The van der Waals surface area contributed by atoms with Gasteiger partial charge in [0.2, 0.25) is 0 Å². The van der Waals surface area contributed by atoms with E-state index in [4.69, 9.17) is 4.74 Å². The minimum Gasteiger partial charge on any atom is -0.372 e. The van der Waals surface area contributed by atoms with Crippen LogP contribution >= 0.6 is 0 Å². The molecule has 2 saturated heterocycles. The van der Waals surface area contributed by atoms with E-state index in [-0.39, 0.29) is 0 Å². The van der Waals surface area contributed by atoms with Crippen LogP contribution in [0.15, 0.2) is 30.3 Å². The molecule has 0 saturated carbocycles. The van der Waals surface area contributed by atoms with Crippen LogP contribution in [0.1, 0.15) is 18.4 Å². The van der Waals surface area contributed by atoms with Crippen LogP contribution in [0, 0.1) is 0 Å². The second-order valence-corrected chi connectivity index (χ2v) is 4.64. The third-order valence-corrected chi connectivity index (χ3v) is 3.37. The average Bonchev–Trinajstić information content (AvgIpc) is 2.60. The fourth-order valence-corrected chi connectivity index (χ4v) is 2.67. The lowest BCUT2D eigenvalue weighted by atomic mass is 10.2. The first-order valence-corrected chi connectivity index (χ1v) is 5.82. The highest BCUT2D eigenvalue weighted by Gasteiger charge is 2.33. The van der Waals surface area contributed by atoms with E-state index in [1.165, 1.54) is 18.4 Å². The van der Waals surface area contributed by atoms with Crippen molar-refractivity contribution in [1.82, 2.24) is 4.90 Å². The number of rotatable bonds is 2. The predicted octanol–water partition coefficient (Wildman–Crippen LogP) is 2.05. The Morgan fingerprint density at radius 1 is 1.07 bits per heavy atom. The van der Waals surface area contributed by atoms with E-state index in [1.807, 2.05) is 0 Å². The summed E-state index contributed by atoms with van der Waals surface area (Å²) in [6, 6.07) is 10.7. The Bertz CT molecular complexity index is 313. The van der Waals surface area contributed by atoms with Gasteiger partial charge in [0.25, 0.3) is 0 Å². The first-order chi connectivity index (χ1) is 7.40. The smallest absolute Gasteiger partial charge is 0.0707 e. The van der Waals surface area contributed by atoms with E-state index >= 15 is 0 Å². The van der Waals surface area contributed by atoms with Gasteiger partial charge in [-0.25, -0.2) is 0 Å². The minimum atomic E-state index is 0.507. The summed E-state index contributed by atoms with van der Waals surface area (Å²) in [5.74, 6) is 0. The molecular weight excluding hydrogens is 186 g/mol. The molecule has 2 atom stereocenters. The van der Waals surface area contributed by atoms with Gasteiger partial charge in [-0.3, -0.25) is 4.90 Å². The number of benzene rings is 1. The van der Waals surface area contributed by atoms with Gasteiger partial charge >= 0.3 is 0 Å². The molecule has 2 aliphatic rings. The number of nitrogens with zero attached hydrogens (tertiary/aromatic N) is 1. The highest BCUT2D eigenvalue weighted by Crippen LogP contribution is 2.26. The molecule has 0 N–H and O–H groups in total. The lowest BCUT2D eigenvalue weighted by Gasteiger charge is -2.32. The largest absolute Gasteiger partial charge is 0.372 e. The number of hydrogen-bond donors (Lipinski definition) is 0. The van der Waals surface area contributed by atoms with Gasteiger partial charge in [-0.1, -0.05) is 30.3 Å². The topological polar surface area (TPSA) is 12.5 Å². The van der Waals surface area contributed by atoms with Gasteiger partial charge in [0.1, 0.15) is 0 Å². The van der Waals surface area contributed by atoms with Crippen molar-refractivity contribution < 1.29 is 4.74 Å². The molecule has 15 heavy (non-hydrogen) atoms. The average molecular weight is 203 g/mol. The second kappa shape index (κ2) is 3.95. The highest BCUT2D eigenvalue weighted by atomic mass is 16.5. The van der Waals surface area contributed by atoms with E-state index < -0.39 is 0 Å². The van der Waals surface area contributed by atoms with Gasteiger partial charge in [0.15, 0.2) is 0 Å². The van der Waals surface area contributed by atoms with Crippen molar-refractivity contribution in [1.29, 1.82) is 0 Å². The molecule has 2 heteroatoms. The molecule has 2 heterocycles. The molecule has 3 rings (SSSR count). The lowest BCUT2D eigenvalue weighted by molar-refractivity contribution is -0.0410. The van der Waals surface area contributed by atoms with Crippen LogP contribution in [-0.4, -0.2) is 30.2 Å². The van der Waals surface area contributed by atoms with E-state index in [1.54, 1.807) is 0 Å². The van der Waals surface area contributed by atoms with Gasteiger partial charge in [-0.05, 0) is 18.4 Å². The second-order valence-electron chi connectivity index (χ2n) is 4.64. The molecule has 1 unspecified atom stereocenters. The van der Waals surface area contributed by atoms with Crippen molar-refractivity contribution in [3.63, 3.8) is 0 Å². The number of ether oxygens (including phenoxy) is 1. The van der Waals surface area contributed by atoms with Crippen LogP contribution in [0.3, 0.4) is 0 Å². The molecule has 1 aromatic rings. The van der Waals surface area contributed by atoms with Gasteiger partial charge < -0.3 is 4.74 Å². The Morgan fingerprint density at radius 3 is 2.40 bits per heavy atom. The maximum atomic E-state index is 5.82. The van der Waals surface area contributed by atoms with Crippen molar-refractivity contribution in [3.05, 3.63) is 35.9 Å². The molecule has 2 bridgehead atoms. The zero-order chi connectivity index (χ0) is 10.1.